The lowest BCUT2D eigenvalue weighted by molar-refractivity contribution is 0.502. The molecule has 80 valence electrons. The zero-order valence-electron chi connectivity index (χ0n) is 9.44. The normalized spacial score (nSPS) is 12.3. The summed E-state index contributed by atoms with van der Waals surface area (Å²) in [6.45, 7) is 7.63. The maximum atomic E-state index is 8.92. The van der Waals surface area contributed by atoms with Crippen molar-refractivity contribution in [1.82, 2.24) is 0 Å². The van der Waals surface area contributed by atoms with Gasteiger partial charge in [0.25, 0.3) is 0 Å². The molecule has 0 spiro atoms. The highest BCUT2D eigenvalue weighted by Crippen LogP contribution is 2.33. The smallest absolute Gasteiger partial charge is 0.110 e. The van der Waals surface area contributed by atoms with E-state index in [1.54, 1.807) is 0 Å². The Morgan fingerprint density at radius 3 is 2.27 bits per heavy atom. The van der Waals surface area contributed by atoms with Crippen LogP contribution in [0.3, 0.4) is 0 Å². The number of nitrogens with zero attached hydrogens (tertiary/aromatic N) is 1. The van der Waals surface area contributed by atoms with Gasteiger partial charge in [0.2, 0.25) is 0 Å². The van der Waals surface area contributed by atoms with E-state index < -0.39 is 0 Å². The van der Waals surface area contributed by atoms with E-state index in [0.717, 1.165) is 22.6 Å². The first-order valence-corrected chi connectivity index (χ1v) is 5.26. The van der Waals surface area contributed by atoms with Crippen molar-refractivity contribution < 1.29 is 4.42 Å². The summed E-state index contributed by atoms with van der Waals surface area (Å²) >= 11 is 6.19. The van der Waals surface area contributed by atoms with Crippen molar-refractivity contribution in [2.45, 2.75) is 34.1 Å². The van der Waals surface area contributed by atoms with E-state index in [9.17, 15) is 0 Å². The SMILES string of the molecule is CCC(C#N)=C(Cl)c1c(C)oc(C)c1C. The maximum absolute atomic E-state index is 8.92. The van der Waals surface area contributed by atoms with Crippen LogP contribution in [0.4, 0.5) is 0 Å². The Balaban J connectivity index is 3.41. The van der Waals surface area contributed by atoms with Crippen LogP contribution < -0.4 is 0 Å². The Hall–Kier alpha value is -1.20. The first-order chi connectivity index (χ1) is 7.02. The third-order valence-corrected chi connectivity index (χ3v) is 2.95. The van der Waals surface area contributed by atoms with Crippen molar-refractivity contribution in [1.29, 1.82) is 5.26 Å². The third-order valence-electron chi connectivity index (χ3n) is 2.53. The summed E-state index contributed by atoms with van der Waals surface area (Å²) in [4.78, 5) is 0. The molecule has 0 radical (unpaired) electrons. The van der Waals surface area contributed by atoms with Gasteiger partial charge in [0.1, 0.15) is 11.5 Å². The van der Waals surface area contributed by atoms with Crippen molar-refractivity contribution in [2.75, 3.05) is 0 Å². The van der Waals surface area contributed by atoms with Gasteiger partial charge < -0.3 is 4.42 Å². The minimum absolute atomic E-state index is 0.520. The molecule has 0 saturated heterocycles. The fourth-order valence-electron chi connectivity index (χ4n) is 1.55. The molecule has 0 saturated carbocycles. The van der Waals surface area contributed by atoms with Crippen LogP contribution in [0.25, 0.3) is 5.03 Å². The summed E-state index contributed by atoms with van der Waals surface area (Å²) in [5, 5.41) is 9.44. The minimum Gasteiger partial charge on any atom is -0.466 e. The van der Waals surface area contributed by atoms with E-state index in [-0.39, 0.29) is 0 Å². The highest BCUT2D eigenvalue weighted by atomic mass is 35.5. The molecule has 0 bridgehead atoms. The second-order valence-corrected chi connectivity index (χ2v) is 3.85. The molecular weight excluding hydrogens is 210 g/mol. The number of halogens is 1. The highest BCUT2D eigenvalue weighted by molar-refractivity contribution is 6.49. The summed E-state index contributed by atoms with van der Waals surface area (Å²) in [6, 6.07) is 2.12. The Morgan fingerprint density at radius 2 is 1.93 bits per heavy atom. The maximum Gasteiger partial charge on any atom is 0.110 e. The van der Waals surface area contributed by atoms with Crippen molar-refractivity contribution in [2.24, 2.45) is 0 Å². The molecular formula is C12H14ClNO. The summed E-state index contributed by atoms with van der Waals surface area (Å²) in [5.41, 5.74) is 2.48. The van der Waals surface area contributed by atoms with Crippen molar-refractivity contribution in [3.05, 3.63) is 28.2 Å². The van der Waals surface area contributed by atoms with Crippen LogP contribution in [0.1, 0.15) is 36.0 Å². The zero-order valence-corrected chi connectivity index (χ0v) is 10.2. The predicted octanol–water partition coefficient (Wildman–Crippen LogP) is 4.09. The molecule has 0 aromatic carbocycles. The average molecular weight is 224 g/mol. The van der Waals surface area contributed by atoms with Crippen LogP contribution >= 0.6 is 11.6 Å². The fourth-order valence-corrected chi connectivity index (χ4v) is 2.00. The first-order valence-electron chi connectivity index (χ1n) is 4.88. The second kappa shape index (κ2) is 4.55. The topological polar surface area (TPSA) is 36.9 Å². The van der Waals surface area contributed by atoms with E-state index in [1.807, 2.05) is 27.7 Å². The lowest BCUT2D eigenvalue weighted by Gasteiger charge is -2.01. The largest absolute Gasteiger partial charge is 0.466 e. The van der Waals surface area contributed by atoms with Gasteiger partial charge in [0.05, 0.1) is 11.1 Å². The van der Waals surface area contributed by atoms with Crippen LogP contribution in [0.2, 0.25) is 0 Å². The Labute approximate surface area is 95.2 Å². The van der Waals surface area contributed by atoms with Crippen LogP contribution in [-0.4, -0.2) is 0 Å². The van der Waals surface area contributed by atoms with Gasteiger partial charge in [-0.15, -0.1) is 0 Å². The predicted molar refractivity (Wildman–Crippen MR) is 61.6 cm³/mol. The monoisotopic (exact) mass is 223 g/mol. The van der Waals surface area contributed by atoms with Gasteiger partial charge in [0, 0.05) is 11.1 Å². The lowest BCUT2D eigenvalue weighted by atomic mass is 10.1. The number of hydrogen-bond donors (Lipinski definition) is 0. The summed E-state index contributed by atoms with van der Waals surface area (Å²) in [7, 11) is 0. The van der Waals surface area contributed by atoms with Crippen LogP contribution in [0.5, 0.6) is 0 Å². The van der Waals surface area contributed by atoms with Gasteiger partial charge in [-0.2, -0.15) is 5.26 Å². The molecule has 0 aliphatic heterocycles. The number of aryl methyl sites for hydroxylation is 2. The second-order valence-electron chi connectivity index (χ2n) is 3.47. The highest BCUT2D eigenvalue weighted by Gasteiger charge is 2.16. The quantitative estimate of drug-likeness (QED) is 0.709. The van der Waals surface area contributed by atoms with E-state index >= 15 is 0 Å². The average Bonchev–Trinajstić information content (AvgIpc) is 2.43. The standard InChI is InChI=1S/C12H14ClNO/c1-5-10(6-14)12(13)11-7(2)8(3)15-9(11)4/h5H2,1-4H3. The summed E-state index contributed by atoms with van der Waals surface area (Å²) in [6.07, 6.45) is 0.637. The molecule has 2 nitrogen and oxygen atoms in total. The fraction of sp³-hybridized carbons (Fsp3) is 0.417. The summed E-state index contributed by atoms with van der Waals surface area (Å²) < 4.78 is 5.48. The molecule has 1 rings (SSSR count). The number of rotatable bonds is 2. The zero-order chi connectivity index (χ0) is 11.6. The van der Waals surface area contributed by atoms with Crippen LogP contribution in [-0.2, 0) is 0 Å². The van der Waals surface area contributed by atoms with Crippen LogP contribution in [0.15, 0.2) is 9.99 Å². The molecule has 0 amide bonds. The van der Waals surface area contributed by atoms with Crippen molar-refractivity contribution >= 4 is 16.6 Å². The van der Waals surface area contributed by atoms with E-state index in [4.69, 9.17) is 21.3 Å². The van der Waals surface area contributed by atoms with Crippen LogP contribution in [0, 0.1) is 32.1 Å². The van der Waals surface area contributed by atoms with Crippen molar-refractivity contribution in [3.8, 4) is 6.07 Å². The number of nitriles is 1. The lowest BCUT2D eigenvalue weighted by Crippen LogP contribution is -1.87. The molecule has 1 aromatic rings. The minimum atomic E-state index is 0.520. The number of allylic oxidation sites excluding steroid dienone is 1. The Bertz CT molecular complexity index is 449. The molecule has 1 aromatic heterocycles. The molecule has 15 heavy (non-hydrogen) atoms. The summed E-state index contributed by atoms with van der Waals surface area (Å²) in [5.74, 6) is 1.63. The molecule has 0 unspecified atom stereocenters. The van der Waals surface area contributed by atoms with E-state index in [2.05, 4.69) is 6.07 Å². The third kappa shape index (κ3) is 2.08. The molecule has 1 heterocycles. The molecule has 0 aliphatic rings. The molecule has 0 fully saturated rings. The van der Waals surface area contributed by atoms with Gasteiger partial charge in [0.15, 0.2) is 0 Å². The van der Waals surface area contributed by atoms with Crippen molar-refractivity contribution in [3.63, 3.8) is 0 Å². The van der Waals surface area contributed by atoms with Gasteiger partial charge in [-0.25, -0.2) is 0 Å². The van der Waals surface area contributed by atoms with Gasteiger partial charge in [-0.3, -0.25) is 0 Å². The van der Waals surface area contributed by atoms with E-state index in [0.29, 0.717) is 17.0 Å². The molecule has 0 aliphatic carbocycles. The Kier molecular flexibility index (Phi) is 3.60. The Morgan fingerprint density at radius 1 is 1.33 bits per heavy atom. The molecule has 0 atom stereocenters. The molecule has 0 N–H and O–H groups in total. The van der Waals surface area contributed by atoms with Gasteiger partial charge in [-0.1, -0.05) is 18.5 Å². The van der Waals surface area contributed by atoms with Gasteiger partial charge >= 0.3 is 0 Å². The number of furan rings is 1. The van der Waals surface area contributed by atoms with Gasteiger partial charge in [-0.05, 0) is 32.8 Å². The number of hydrogen-bond acceptors (Lipinski definition) is 2. The first kappa shape index (κ1) is 11.9. The molecule has 3 heteroatoms. The van der Waals surface area contributed by atoms with E-state index in [1.165, 1.54) is 0 Å².